The number of aryl methyl sites for hydroxylation is 1. The second-order valence-corrected chi connectivity index (χ2v) is 5.20. The minimum atomic E-state index is 0. The molecule has 2 aromatic carbocycles. The van der Waals surface area contributed by atoms with Gasteiger partial charge in [0.25, 0.3) is 0 Å². The van der Waals surface area contributed by atoms with Gasteiger partial charge in [0, 0.05) is 11.3 Å². The standard InChI is InChI=1S/C18H18N4O.HI/c1-13-7-9-15(10-8-13)22-18(19)20-11-16-12-23-17(21-16)14-5-3-2-4-6-14;/h2-10,12H,11H2,1H3,(H3,19,20,22);1H. The second-order valence-electron chi connectivity index (χ2n) is 5.20. The smallest absolute Gasteiger partial charge is 0.226 e. The summed E-state index contributed by atoms with van der Waals surface area (Å²) in [5.41, 5.74) is 9.66. The summed E-state index contributed by atoms with van der Waals surface area (Å²) in [5, 5.41) is 3.05. The Morgan fingerprint density at radius 1 is 1.12 bits per heavy atom. The summed E-state index contributed by atoms with van der Waals surface area (Å²) < 4.78 is 5.47. The SMILES string of the molecule is Cc1ccc(NC(N)=NCc2coc(-c3ccccc3)n2)cc1.I. The van der Waals surface area contributed by atoms with Crippen LogP contribution < -0.4 is 11.1 Å². The van der Waals surface area contributed by atoms with Crippen LogP contribution >= 0.6 is 24.0 Å². The molecule has 124 valence electrons. The van der Waals surface area contributed by atoms with E-state index in [0.717, 1.165) is 16.9 Å². The van der Waals surface area contributed by atoms with Gasteiger partial charge in [0.15, 0.2) is 5.96 Å². The Bertz CT molecular complexity index is 797. The molecule has 0 aliphatic heterocycles. The summed E-state index contributed by atoms with van der Waals surface area (Å²) in [6.45, 7) is 2.40. The number of aliphatic imine (C=N–C) groups is 1. The highest BCUT2D eigenvalue weighted by Gasteiger charge is 2.05. The van der Waals surface area contributed by atoms with Crippen LogP contribution in [0.2, 0.25) is 0 Å². The van der Waals surface area contributed by atoms with Crippen LogP contribution in [0.25, 0.3) is 11.5 Å². The number of hydrogen-bond acceptors (Lipinski definition) is 3. The van der Waals surface area contributed by atoms with Crippen molar-refractivity contribution in [3.63, 3.8) is 0 Å². The summed E-state index contributed by atoms with van der Waals surface area (Å²) in [5.74, 6) is 0.930. The molecule has 5 nitrogen and oxygen atoms in total. The van der Waals surface area contributed by atoms with Crippen LogP contribution in [0.3, 0.4) is 0 Å². The molecule has 0 radical (unpaired) electrons. The molecule has 0 spiro atoms. The molecule has 0 unspecified atom stereocenters. The number of nitrogens with one attached hydrogen (secondary N) is 1. The maximum Gasteiger partial charge on any atom is 0.226 e. The first-order valence-electron chi connectivity index (χ1n) is 7.34. The van der Waals surface area contributed by atoms with Crippen LogP contribution in [-0.4, -0.2) is 10.9 Å². The third-order valence-corrected chi connectivity index (χ3v) is 3.31. The molecule has 1 heterocycles. The molecule has 0 saturated carbocycles. The lowest BCUT2D eigenvalue weighted by molar-refractivity contribution is 0.572. The lowest BCUT2D eigenvalue weighted by atomic mass is 10.2. The van der Waals surface area contributed by atoms with E-state index in [9.17, 15) is 0 Å². The molecule has 0 aliphatic carbocycles. The van der Waals surface area contributed by atoms with Crippen LogP contribution in [0, 0.1) is 6.92 Å². The fraction of sp³-hybridized carbons (Fsp3) is 0.111. The van der Waals surface area contributed by atoms with Gasteiger partial charge >= 0.3 is 0 Å². The van der Waals surface area contributed by atoms with E-state index >= 15 is 0 Å². The number of nitrogens with zero attached hydrogens (tertiary/aromatic N) is 2. The van der Waals surface area contributed by atoms with Crippen molar-refractivity contribution in [1.29, 1.82) is 0 Å². The maximum atomic E-state index is 5.89. The molecule has 0 atom stereocenters. The van der Waals surface area contributed by atoms with Crippen LogP contribution in [0.15, 0.2) is 70.3 Å². The average molecular weight is 434 g/mol. The first kappa shape index (κ1) is 18.0. The summed E-state index contributed by atoms with van der Waals surface area (Å²) in [6, 6.07) is 17.7. The zero-order valence-corrected chi connectivity index (χ0v) is 15.6. The Morgan fingerprint density at radius 2 is 1.83 bits per heavy atom. The van der Waals surface area contributed by atoms with Gasteiger partial charge in [-0.2, -0.15) is 0 Å². The highest BCUT2D eigenvalue weighted by atomic mass is 127. The summed E-state index contributed by atoms with van der Waals surface area (Å²) in [7, 11) is 0. The van der Waals surface area contributed by atoms with Gasteiger partial charge < -0.3 is 15.5 Å². The van der Waals surface area contributed by atoms with Crippen LogP contribution in [-0.2, 0) is 6.54 Å². The van der Waals surface area contributed by atoms with Gasteiger partial charge in [-0.25, -0.2) is 9.98 Å². The van der Waals surface area contributed by atoms with E-state index in [0.29, 0.717) is 18.4 Å². The fourth-order valence-electron chi connectivity index (χ4n) is 2.08. The number of halogens is 1. The number of oxazole rings is 1. The van der Waals surface area contributed by atoms with Crippen molar-refractivity contribution >= 4 is 35.6 Å². The molecule has 0 fully saturated rings. The number of aromatic nitrogens is 1. The first-order chi connectivity index (χ1) is 11.2. The number of benzene rings is 2. The molecule has 6 heteroatoms. The third-order valence-electron chi connectivity index (χ3n) is 3.31. The molecule has 0 bridgehead atoms. The normalized spacial score (nSPS) is 11.0. The van der Waals surface area contributed by atoms with Crippen molar-refractivity contribution in [2.45, 2.75) is 13.5 Å². The number of hydrogen-bond donors (Lipinski definition) is 2. The Kier molecular flexibility index (Phi) is 6.36. The Hall–Kier alpha value is -2.35. The number of guanidine groups is 1. The van der Waals surface area contributed by atoms with E-state index in [1.165, 1.54) is 5.56 Å². The molecule has 1 aromatic heterocycles. The minimum absolute atomic E-state index is 0. The van der Waals surface area contributed by atoms with E-state index < -0.39 is 0 Å². The maximum absolute atomic E-state index is 5.89. The topological polar surface area (TPSA) is 76.4 Å². The van der Waals surface area contributed by atoms with Gasteiger partial charge in [-0.15, -0.1) is 24.0 Å². The zero-order valence-electron chi connectivity index (χ0n) is 13.3. The lowest BCUT2D eigenvalue weighted by Gasteiger charge is -2.05. The van der Waals surface area contributed by atoms with Gasteiger partial charge in [-0.05, 0) is 31.2 Å². The monoisotopic (exact) mass is 434 g/mol. The molecule has 0 aliphatic rings. The molecule has 3 rings (SSSR count). The molecule has 24 heavy (non-hydrogen) atoms. The second kappa shape index (κ2) is 8.49. The van der Waals surface area contributed by atoms with Gasteiger partial charge in [-0.1, -0.05) is 35.9 Å². The van der Waals surface area contributed by atoms with Crippen molar-refractivity contribution in [2.24, 2.45) is 10.7 Å². The predicted octanol–water partition coefficient (Wildman–Crippen LogP) is 4.19. The molecular formula is C18H19IN4O. The molecule has 0 amide bonds. The van der Waals surface area contributed by atoms with Gasteiger partial charge in [-0.3, -0.25) is 0 Å². The first-order valence-corrected chi connectivity index (χ1v) is 7.34. The van der Waals surface area contributed by atoms with Crippen molar-refractivity contribution < 1.29 is 4.42 Å². The number of anilines is 1. The van der Waals surface area contributed by atoms with E-state index in [4.69, 9.17) is 10.2 Å². The molecule has 3 aromatic rings. The van der Waals surface area contributed by atoms with E-state index in [-0.39, 0.29) is 24.0 Å². The highest BCUT2D eigenvalue weighted by Crippen LogP contribution is 2.18. The van der Waals surface area contributed by atoms with E-state index in [2.05, 4.69) is 15.3 Å². The zero-order chi connectivity index (χ0) is 16.1. The number of nitrogens with two attached hydrogens (primary N) is 1. The summed E-state index contributed by atoms with van der Waals surface area (Å²) >= 11 is 0. The molecular weight excluding hydrogens is 415 g/mol. The van der Waals surface area contributed by atoms with Gasteiger partial charge in [0.2, 0.25) is 5.89 Å². The van der Waals surface area contributed by atoms with Crippen LogP contribution in [0.5, 0.6) is 0 Å². The van der Waals surface area contributed by atoms with Crippen molar-refractivity contribution in [2.75, 3.05) is 5.32 Å². The lowest BCUT2D eigenvalue weighted by Crippen LogP contribution is -2.22. The summed E-state index contributed by atoms with van der Waals surface area (Å²) in [6.07, 6.45) is 1.60. The predicted molar refractivity (Wildman–Crippen MR) is 107 cm³/mol. The fourth-order valence-corrected chi connectivity index (χ4v) is 2.08. The van der Waals surface area contributed by atoms with Crippen LogP contribution in [0.4, 0.5) is 5.69 Å². The Labute approximate surface area is 158 Å². The summed E-state index contributed by atoms with van der Waals surface area (Å²) in [4.78, 5) is 8.69. The van der Waals surface area contributed by atoms with E-state index in [1.54, 1.807) is 6.26 Å². The highest BCUT2D eigenvalue weighted by molar-refractivity contribution is 14.0. The van der Waals surface area contributed by atoms with E-state index in [1.807, 2.05) is 61.5 Å². The van der Waals surface area contributed by atoms with Gasteiger partial charge in [0.1, 0.15) is 12.0 Å². The van der Waals surface area contributed by atoms with Crippen molar-refractivity contribution in [3.05, 3.63) is 72.1 Å². The molecule has 0 saturated heterocycles. The minimum Gasteiger partial charge on any atom is -0.444 e. The quantitative estimate of drug-likeness (QED) is 0.367. The van der Waals surface area contributed by atoms with Crippen LogP contribution in [0.1, 0.15) is 11.3 Å². The Balaban J connectivity index is 0.00000208. The van der Waals surface area contributed by atoms with Crippen molar-refractivity contribution in [1.82, 2.24) is 4.98 Å². The van der Waals surface area contributed by atoms with Gasteiger partial charge in [0.05, 0.1) is 6.54 Å². The third kappa shape index (κ3) is 4.82. The Morgan fingerprint density at radius 3 is 2.54 bits per heavy atom. The van der Waals surface area contributed by atoms with Crippen molar-refractivity contribution in [3.8, 4) is 11.5 Å². The average Bonchev–Trinajstić information content (AvgIpc) is 3.05. The number of rotatable bonds is 4. The molecule has 3 N–H and O–H groups in total. The largest absolute Gasteiger partial charge is 0.444 e.